The fraction of sp³-hybridized carbons (Fsp3) is 0.588. The minimum atomic E-state index is -0.495. The number of ether oxygens (including phenoxy) is 1. The molecular formula is C17H24ClFN2O2. The van der Waals surface area contributed by atoms with Crippen LogP contribution in [0.25, 0.3) is 0 Å². The first-order valence-electron chi connectivity index (χ1n) is 7.94. The second-order valence-electron chi connectivity index (χ2n) is 6.86. The molecule has 0 aromatic heterocycles. The topological polar surface area (TPSA) is 41.6 Å². The summed E-state index contributed by atoms with van der Waals surface area (Å²) in [7, 11) is 0. The molecule has 1 aromatic rings. The summed E-state index contributed by atoms with van der Waals surface area (Å²) in [6.07, 6.45) is 2.17. The highest BCUT2D eigenvalue weighted by molar-refractivity contribution is 6.30. The number of nitrogens with one attached hydrogen (secondary N) is 1. The summed E-state index contributed by atoms with van der Waals surface area (Å²) in [6, 6.07) is 4.58. The Morgan fingerprint density at radius 2 is 2.09 bits per heavy atom. The van der Waals surface area contributed by atoms with Crippen LogP contribution in [0.5, 0.6) is 0 Å². The smallest absolute Gasteiger partial charge is 0.410 e. The van der Waals surface area contributed by atoms with Gasteiger partial charge in [-0.2, -0.15) is 0 Å². The molecule has 1 aliphatic heterocycles. The number of likely N-dealkylation sites (tertiary alicyclic amines) is 1. The zero-order valence-electron chi connectivity index (χ0n) is 13.9. The van der Waals surface area contributed by atoms with E-state index in [4.69, 9.17) is 16.3 Å². The lowest BCUT2D eigenvalue weighted by atomic mass is 10.1. The van der Waals surface area contributed by atoms with E-state index in [9.17, 15) is 9.18 Å². The first-order chi connectivity index (χ1) is 10.7. The Morgan fingerprint density at radius 3 is 2.78 bits per heavy atom. The second-order valence-corrected chi connectivity index (χ2v) is 7.30. The van der Waals surface area contributed by atoms with E-state index in [-0.39, 0.29) is 18.0 Å². The number of rotatable bonds is 2. The third kappa shape index (κ3) is 5.57. The standard InChI is InChI=1S/C17H24ClFN2O2/c1-17(2,3)23-16(22)21-9-4-5-13(8-10-21)20-15-11-12(18)6-7-14(15)19/h6-7,11,13,20H,4-5,8-10H2,1-3H3. The number of carbonyl (C=O) groups is 1. The Balaban J connectivity index is 1.93. The van der Waals surface area contributed by atoms with Crippen molar-refractivity contribution < 1.29 is 13.9 Å². The highest BCUT2D eigenvalue weighted by atomic mass is 35.5. The van der Waals surface area contributed by atoms with Gasteiger partial charge in [-0.1, -0.05) is 11.6 Å². The SMILES string of the molecule is CC(C)(C)OC(=O)N1CCCC(Nc2cc(Cl)ccc2F)CC1. The predicted octanol–water partition coefficient (Wildman–Crippen LogP) is 4.68. The van der Waals surface area contributed by atoms with Gasteiger partial charge in [-0.05, 0) is 58.2 Å². The van der Waals surface area contributed by atoms with Crippen LogP contribution in [0.2, 0.25) is 5.02 Å². The quantitative estimate of drug-likeness (QED) is 0.848. The highest BCUT2D eigenvalue weighted by Gasteiger charge is 2.25. The van der Waals surface area contributed by atoms with Crippen molar-refractivity contribution in [2.45, 2.75) is 51.7 Å². The Morgan fingerprint density at radius 1 is 1.35 bits per heavy atom. The van der Waals surface area contributed by atoms with Crippen LogP contribution in [-0.4, -0.2) is 35.7 Å². The van der Waals surface area contributed by atoms with Crippen LogP contribution < -0.4 is 5.32 Å². The maximum Gasteiger partial charge on any atom is 0.410 e. The number of nitrogens with zero attached hydrogens (tertiary/aromatic N) is 1. The second kappa shape index (κ2) is 7.39. The summed E-state index contributed by atoms with van der Waals surface area (Å²) < 4.78 is 19.2. The minimum absolute atomic E-state index is 0.107. The van der Waals surface area contributed by atoms with Gasteiger partial charge in [0.1, 0.15) is 11.4 Å². The Kier molecular flexibility index (Phi) is 5.74. The maximum atomic E-state index is 13.8. The number of halogens is 2. The molecule has 1 N–H and O–H groups in total. The molecule has 1 amide bonds. The highest BCUT2D eigenvalue weighted by Crippen LogP contribution is 2.23. The van der Waals surface area contributed by atoms with Gasteiger partial charge in [0.05, 0.1) is 5.69 Å². The third-order valence-electron chi connectivity index (χ3n) is 3.67. The van der Waals surface area contributed by atoms with E-state index in [0.29, 0.717) is 23.8 Å². The van der Waals surface area contributed by atoms with Crippen LogP contribution in [-0.2, 0) is 4.74 Å². The van der Waals surface area contributed by atoms with Crippen molar-refractivity contribution in [1.29, 1.82) is 0 Å². The van der Waals surface area contributed by atoms with Gasteiger partial charge in [0, 0.05) is 24.2 Å². The van der Waals surface area contributed by atoms with Gasteiger partial charge < -0.3 is 15.0 Å². The fourth-order valence-electron chi connectivity index (χ4n) is 2.58. The summed E-state index contributed by atoms with van der Waals surface area (Å²) in [5, 5.41) is 3.70. The van der Waals surface area contributed by atoms with E-state index in [1.807, 2.05) is 20.8 Å². The molecule has 0 spiro atoms. The van der Waals surface area contributed by atoms with Crippen molar-refractivity contribution in [3.63, 3.8) is 0 Å². The summed E-state index contributed by atoms with van der Waals surface area (Å²) in [4.78, 5) is 13.9. The molecule has 1 unspecified atom stereocenters. The maximum absolute atomic E-state index is 13.8. The predicted molar refractivity (Wildman–Crippen MR) is 90.5 cm³/mol. The number of benzene rings is 1. The molecule has 4 nitrogen and oxygen atoms in total. The first-order valence-corrected chi connectivity index (χ1v) is 8.32. The number of amides is 1. The molecule has 0 bridgehead atoms. The summed E-state index contributed by atoms with van der Waals surface area (Å²) in [5.41, 5.74) is -0.0847. The molecule has 1 atom stereocenters. The number of hydrogen-bond acceptors (Lipinski definition) is 3. The molecule has 6 heteroatoms. The molecular weight excluding hydrogens is 319 g/mol. The fourth-order valence-corrected chi connectivity index (χ4v) is 2.75. The van der Waals surface area contributed by atoms with E-state index < -0.39 is 5.60 Å². The van der Waals surface area contributed by atoms with Gasteiger partial charge in [-0.15, -0.1) is 0 Å². The third-order valence-corrected chi connectivity index (χ3v) is 3.90. The summed E-state index contributed by atoms with van der Waals surface area (Å²) >= 11 is 5.92. The lowest BCUT2D eigenvalue weighted by Gasteiger charge is -2.26. The van der Waals surface area contributed by atoms with E-state index in [1.165, 1.54) is 12.1 Å². The number of hydrogen-bond donors (Lipinski definition) is 1. The van der Waals surface area contributed by atoms with Crippen molar-refractivity contribution in [2.75, 3.05) is 18.4 Å². The van der Waals surface area contributed by atoms with Crippen molar-refractivity contribution in [3.05, 3.63) is 29.0 Å². The van der Waals surface area contributed by atoms with Gasteiger partial charge >= 0.3 is 6.09 Å². The molecule has 1 aromatic carbocycles. The average molecular weight is 343 g/mol. The van der Waals surface area contributed by atoms with Gasteiger partial charge in [0.25, 0.3) is 0 Å². The molecule has 128 valence electrons. The van der Waals surface area contributed by atoms with E-state index in [0.717, 1.165) is 19.3 Å². The van der Waals surface area contributed by atoms with Crippen molar-refractivity contribution in [2.24, 2.45) is 0 Å². The Labute approximate surface area is 141 Å². The Bertz CT molecular complexity index is 560. The first kappa shape index (κ1) is 17.9. The summed E-state index contributed by atoms with van der Waals surface area (Å²) in [5.74, 6) is -0.317. The van der Waals surface area contributed by atoms with Crippen molar-refractivity contribution in [1.82, 2.24) is 4.90 Å². The molecule has 0 saturated carbocycles. The van der Waals surface area contributed by atoms with Crippen molar-refractivity contribution in [3.8, 4) is 0 Å². The molecule has 1 aliphatic rings. The van der Waals surface area contributed by atoms with Crippen LogP contribution in [0.3, 0.4) is 0 Å². The summed E-state index contributed by atoms with van der Waals surface area (Å²) in [6.45, 7) is 6.82. The van der Waals surface area contributed by atoms with Crippen LogP contribution in [0.1, 0.15) is 40.0 Å². The van der Waals surface area contributed by atoms with Crippen LogP contribution in [0.15, 0.2) is 18.2 Å². The molecule has 1 heterocycles. The normalized spacial score (nSPS) is 19.2. The lowest BCUT2D eigenvalue weighted by Crippen LogP contribution is -2.37. The minimum Gasteiger partial charge on any atom is -0.444 e. The molecule has 0 radical (unpaired) electrons. The zero-order valence-corrected chi connectivity index (χ0v) is 14.6. The van der Waals surface area contributed by atoms with Crippen LogP contribution in [0, 0.1) is 5.82 Å². The number of carbonyl (C=O) groups excluding carboxylic acids is 1. The average Bonchev–Trinajstić information content (AvgIpc) is 2.67. The lowest BCUT2D eigenvalue weighted by molar-refractivity contribution is 0.0256. The number of anilines is 1. The van der Waals surface area contributed by atoms with Gasteiger partial charge in [-0.3, -0.25) is 0 Å². The molecule has 1 saturated heterocycles. The zero-order chi connectivity index (χ0) is 17.0. The largest absolute Gasteiger partial charge is 0.444 e. The molecule has 0 aliphatic carbocycles. The molecule has 23 heavy (non-hydrogen) atoms. The monoisotopic (exact) mass is 342 g/mol. The van der Waals surface area contributed by atoms with Gasteiger partial charge in [0.2, 0.25) is 0 Å². The molecule has 2 rings (SSSR count). The van der Waals surface area contributed by atoms with Gasteiger partial charge in [-0.25, -0.2) is 9.18 Å². The molecule has 1 fully saturated rings. The van der Waals surface area contributed by atoms with Gasteiger partial charge in [0.15, 0.2) is 0 Å². The van der Waals surface area contributed by atoms with Crippen molar-refractivity contribution >= 4 is 23.4 Å². The van der Waals surface area contributed by atoms with E-state index >= 15 is 0 Å². The van der Waals surface area contributed by atoms with Crippen LogP contribution in [0.4, 0.5) is 14.9 Å². The van der Waals surface area contributed by atoms with Crippen LogP contribution >= 0.6 is 11.6 Å². The van der Waals surface area contributed by atoms with E-state index in [1.54, 1.807) is 11.0 Å². The van der Waals surface area contributed by atoms with E-state index in [2.05, 4.69) is 5.32 Å². The Hall–Kier alpha value is -1.49.